The van der Waals surface area contributed by atoms with Crippen molar-refractivity contribution in [2.75, 3.05) is 0 Å². The molecule has 0 fully saturated rings. The van der Waals surface area contributed by atoms with E-state index in [-0.39, 0.29) is 11.8 Å². The Kier molecular flexibility index (Phi) is 6.33. The molecule has 2 N–H and O–H groups in total. The first-order chi connectivity index (χ1) is 11.5. The lowest BCUT2D eigenvalue weighted by Gasteiger charge is -2.15. The number of allylic oxidation sites excluding steroid dienone is 2. The van der Waals surface area contributed by atoms with Gasteiger partial charge in [-0.15, -0.1) is 0 Å². The third-order valence-electron chi connectivity index (χ3n) is 3.41. The second-order valence-electron chi connectivity index (χ2n) is 5.83. The second kappa shape index (κ2) is 8.46. The summed E-state index contributed by atoms with van der Waals surface area (Å²) in [6.07, 6.45) is 1.90. The van der Waals surface area contributed by atoms with Crippen LogP contribution in [0.1, 0.15) is 36.2 Å². The smallest absolute Gasteiger partial charge is 0.189 e. The van der Waals surface area contributed by atoms with Gasteiger partial charge in [-0.1, -0.05) is 54.1 Å². The van der Waals surface area contributed by atoms with E-state index in [1.807, 2.05) is 44.2 Å². The molecule has 4 heteroatoms. The van der Waals surface area contributed by atoms with E-state index in [0.717, 1.165) is 5.56 Å². The highest BCUT2D eigenvalue weighted by molar-refractivity contribution is 6.34. The summed E-state index contributed by atoms with van der Waals surface area (Å²) in [5, 5.41) is 12.0. The van der Waals surface area contributed by atoms with Gasteiger partial charge in [0.15, 0.2) is 5.78 Å². The van der Waals surface area contributed by atoms with Crippen LogP contribution in [-0.4, -0.2) is 17.5 Å². The van der Waals surface area contributed by atoms with E-state index in [2.05, 4.69) is 5.32 Å². The molecular weight excluding hydrogens is 320 g/mol. The van der Waals surface area contributed by atoms with Crippen LogP contribution in [0.2, 0.25) is 5.02 Å². The van der Waals surface area contributed by atoms with Crippen LogP contribution in [0, 0.1) is 5.41 Å². The van der Waals surface area contributed by atoms with E-state index >= 15 is 0 Å². The molecular formula is C20H21ClN2O. The van der Waals surface area contributed by atoms with Gasteiger partial charge in [-0.2, -0.15) is 0 Å². The number of ketones is 1. The van der Waals surface area contributed by atoms with Gasteiger partial charge in [-0.25, -0.2) is 0 Å². The minimum Gasteiger partial charge on any atom is -0.386 e. The van der Waals surface area contributed by atoms with Gasteiger partial charge in [0.2, 0.25) is 0 Å². The predicted molar refractivity (Wildman–Crippen MR) is 100 cm³/mol. The fraction of sp³-hybridized carbons (Fsp3) is 0.200. The molecule has 0 atom stereocenters. The van der Waals surface area contributed by atoms with Crippen LogP contribution >= 0.6 is 11.6 Å². The first-order valence-electron chi connectivity index (χ1n) is 7.86. The van der Waals surface area contributed by atoms with Crippen molar-refractivity contribution in [3.63, 3.8) is 0 Å². The SMILES string of the molecule is CC(C)N/C(=C\C(=O)c1ccccc1Cl)CC(=N)c1ccccc1. The molecule has 0 saturated carbocycles. The first kappa shape index (κ1) is 18.0. The van der Waals surface area contributed by atoms with Crippen molar-refractivity contribution in [2.24, 2.45) is 0 Å². The third kappa shape index (κ3) is 5.07. The van der Waals surface area contributed by atoms with Crippen LogP contribution in [-0.2, 0) is 0 Å². The van der Waals surface area contributed by atoms with Crippen molar-refractivity contribution in [3.05, 3.63) is 82.5 Å². The van der Waals surface area contributed by atoms with Crippen molar-refractivity contribution in [2.45, 2.75) is 26.3 Å². The van der Waals surface area contributed by atoms with E-state index in [9.17, 15) is 4.79 Å². The van der Waals surface area contributed by atoms with Crippen LogP contribution < -0.4 is 5.32 Å². The summed E-state index contributed by atoms with van der Waals surface area (Å²) in [7, 11) is 0. The van der Waals surface area contributed by atoms with E-state index in [1.54, 1.807) is 30.3 Å². The maximum Gasteiger partial charge on any atom is 0.189 e. The highest BCUT2D eigenvalue weighted by Crippen LogP contribution is 2.17. The van der Waals surface area contributed by atoms with Gasteiger partial charge in [0.05, 0.1) is 5.02 Å². The van der Waals surface area contributed by atoms with Gasteiger partial charge in [-0.05, 0) is 31.5 Å². The number of hydrogen-bond donors (Lipinski definition) is 2. The van der Waals surface area contributed by atoms with Gasteiger partial charge in [-0.3, -0.25) is 4.79 Å². The Labute approximate surface area is 147 Å². The lowest BCUT2D eigenvalue weighted by molar-refractivity contribution is 0.104. The number of nitrogens with one attached hydrogen (secondary N) is 2. The number of hydrogen-bond acceptors (Lipinski definition) is 3. The molecule has 2 aromatic carbocycles. The standard InChI is InChI=1S/C20H21ClN2O/c1-14(2)23-16(12-19(22)15-8-4-3-5-9-15)13-20(24)17-10-6-7-11-18(17)21/h3-11,13-14,22-23H,12H2,1-2H3/b16-13-,22-19?. The Hall–Kier alpha value is -2.39. The molecule has 0 saturated heterocycles. The molecule has 3 nitrogen and oxygen atoms in total. The van der Waals surface area contributed by atoms with Crippen molar-refractivity contribution in [1.82, 2.24) is 5.32 Å². The normalized spacial score (nSPS) is 11.4. The molecule has 0 spiro atoms. The number of carbonyl (C=O) groups excluding carboxylic acids is 1. The first-order valence-corrected chi connectivity index (χ1v) is 8.24. The molecule has 0 aromatic heterocycles. The second-order valence-corrected chi connectivity index (χ2v) is 6.24. The molecule has 0 bridgehead atoms. The molecule has 0 aliphatic rings. The fourth-order valence-corrected chi connectivity index (χ4v) is 2.57. The summed E-state index contributed by atoms with van der Waals surface area (Å²) in [6.45, 7) is 4.00. The fourth-order valence-electron chi connectivity index (χ4n) is 2.34. The molecule has 0 aliphatic carbocycles. The van der Waals surface area contributed by atoms with Gasteiger partial charge < -0.3 is 10.7 Å². The quantitative estimate of drug-likeness (QED) is 0.429. The minimum atomic E-state index is -0.162. The minimum absolute atomic E-state index is 0.162. The number of benzene rings is 2. The number of halogens is 1. The lowest BCUT2D eigenvalue weighted by Crippen LogP contribution is -2.24. The summed E-state index contributed by atoms with van der Waals surface area (Å²) in [5.74, 6) is -0.162. The highest BCUT2D eigenvalue weighted by Gasteiger charge is 2.12. The van der Waals surface area contributed by atoms with Crippen molar-refractivity contribution in [3.8, 4) is 0 Å². The van der Waals surface area contributed by atoms with E-state index in [4.69, 9.17) is 17.0 Å². The number of rotatable bonds is 7. The Bertz CT molecular complexity index is 751. The molecule has 0 amide bonds. The van der Waals surface area contributed by atoms with Crippen molar-refractivity contribution < 1.29 is 4.79 Å². The third-order valence-corrected chi connectivity index (χ3v) is 3.74. The summed E-state index contributed by atoms with van der Waals surface area (Å²) in [6, 6.07) is 16.7. The molecule has 0 heterocycles. The molecule has 2 aromatic rings. The van der Waals surface area contributed by atoms with Gasteiger partial charge in [0.1, 0.15) is 0 Å². The molecule has 24 heavy (non-hydrogen) atoms. The van der Waals surface area contributed by atoms with E-state index < -0.39 is 0 Å². The summed E-state index contributed by atoms with van der Waals surface area (Å²) >= 11 is 6.10. The topological polar surface area (TPSA) is 53.0 Å². The maximum absolute atomic E-state index is 12.5. The highest BCUT2D eigenvalue weighted by atomic mass is 35.5. The monoisotopic (exact) mass is 340 g/mol. The summed E-state index contributed by atoms with van der Waals surface area (Å²) in [4.78, 5) is 12.5. The number of carbonyl (C=O) groups is 1. The molecule has 2 rings (SSSR count). The van der Waals surface area contributed by atoms with Crippen molar-refractivity contribution >= 4 is 23.1 Å². The zero-order valence-electron chi connectivity index (χ0n) is 13.8. The molecule has 0 unspecified atom stereocenters. The molecule has 0 radical (unpaired) electrons. The Balaban J connectivity index is 2.23. The summed E-state index contributed by atoms with van der Waals surface area (Å²) in [5.41, 5.74) is 2.48. The van der Waals surface area contributed by atoms with Gasteiger partial charge in [0.25, 0.3) is 0 Å². The zero-order chi connectivity index (χ0) is 17.5. The Morgan fingerprint density at radius 3 is 2.38 bits per heavy atom. The zero-order valence-corrected chi connectivity index (χ0v) is 14.6. The molecule has 0 aliphatic heterocycles. The van der Waals surface area contributed by atoms with Crippen molar-refractivity contribution in [1.29, 1.82) is 5.41 Å². The van der Waals surface area contributed by atoms with Gasteiger partial charge >= 0.3 is 0 Å². The average molecular weight is 341 g/mol. The maximum atomic E-state index is 12.5. The predicted octanol–water partition coefficient (Wildman–Crippen LogP) is 4.86. The van der Waals surface area contributed by atoms with Gasteiger partial charge in [0, 0.05) is 35.5 Å². The molecule has 124 valence electrons. The van der Waals surface area contributed by atoms with Crippen LogP contribution in [0.25, 0.3) is 0 Å². The van der Waals surface area contributed by atoms with Crippen LogP contribution in [0.4, 0.5) is 0 Å². The lowest BCUT2D eigenvalue weighted by atomic mass is 10.0. The Morgan fingerprint density at radius 1 is 1.12 bits per heavy atom. The van der Waals surface area contributed by atoms with E-state index in [1.165, 1.54) is 0 Å². The largest absolute Gasteiger partial charge is 0.386 e. The van der Waals surface area contributed by atoms with Crippen LogP contribution in [0.3, 0.4) is 0 Å². The van der Waals surface area contributed by atoms with Crippen LogP contribution in [0.5, 0.6) is 0 Å². The Morgan fingerprint density at radius 2 is 1.75 bits per heavy atom. The average Bonchev–Trinajstić information content (AvgIpc) is 2.55. The van der Waals surface area contributed by atoms with E-state index in [0.29, 0.717) is 28.4 Å². The summed E-state index contributed by atoms with van der Waals surface area (Å²) < 4.78 is 0. The van der Waals surface area contributed by atoms with Crippen LogP contribution in [0.15, 0.2) is 66.4 Å².